The first-order chi connectivity index (χ1) is 9.53. The Balaban J connectivity index is 2.22. The van der Waals surface area contributed by atoms with Crippen molar-refractivity contribution < 1.29 is 8.42 Å². The molecule has 0 saturated carbocycles. The third kappa shape index (κ3) is 3.49. The molecule has 1 aromatic heterocycles. The van der Waals surface area contributed by atoms with E-state index in [1.165, 1.54) is 23.9 Å². The minimum absolute atomic E-state index is 0.0284. The largest absolute Gasteiger partial charge is 0.280 e. The maximum Gasteiger partial charge on any atom is 0.264 e. The summed E-state index contributed by atoms with van der Waals surface area (Å²) in [5.41, 5.74) is 1.68. The molecule has 0 spiro atoms. The molecule has 0 aliphatic carbocycles. The number of hydrogen-bond acceptors (Lipinski definition) is 3. The highest BCUT2D eigenvalue weighted by atomic mass is 35.5. The molecule has 2 aromatic rings. The van der Waals surface area contributed by atoms with Gasteiger partial charge in [-0.25, -0.2) is 13.4 Å². The molecule has 1 aromatic carbocycles. The van der Waals surface area contributed by atoms with Crippen LogP contribution in [0.1, 0.15) is 18.9 Å². The van der Waals surface area contributed by atoms with E-state index >= 15 is 0 Å². The maximum atomic E-state index is 12.2. The zero-order valence-electron chi connectivity index (χ0n) is 11.0. The molecule has 1 N–H and O–H groups in total. The van der Waals surface area contributed by atoms with Crippen molar-refractivity contribution in [2.45, 2.75) is 24.7 Å². The van der Waals surface area contributed by atoms with Gasteiger partial charge in [0.05, 0.1) is 0 Å². The van der Waals surface area contributed by atoms with Gasteiger partial charge < -0.3 is 0 Å². The molecule has 0 aliphatic heterocycles. The first-order valence-corrected chi connectivity index (χ1v) is 8.11. The summed E-state index contributed by atoms with van der Waals surface area (Å²) < 4.78 is 26.9. The van der Waals surface area contributed by atoms with Crippen LogP contribution in [0, 0.1) is 0 Å². The Morgan fingerprint density at radius 2 is 1.90 bits per heavy atom. The Bertz CT molecular complexity index is 685. The van der Waals surface area contributed by atoms with Crippen LogP contribution in [0.25, 0.3) is 0 Å². The van der Waals surface area contributed by atoms with Gasteiger partial charge in [-0.2, -0.15) is 0 Å². The fraction of sp³-hybridized carbons (Fsp3) is 0.214. The number of nitrogens with zero attached hydrogens (tertiary/aromatic N) is 1. The van der Waals surface area contributed by atoms with Crippen LogP contribution in [-0.2, 0) is 16.4 Å². The van der Waals surface area contributed by atoms with Crippen molar-refractivity contribution in [1.29, 1.82) is 0 Å². The molecule has 20 heavy (non-hydrogen) atoms. The molecule has 0 aliphatic rings. The molecule has 0 atom stereocenters. The summed E-state index contributed by atoms with van der Waals surface area (Å²) in [7, 11) is -3.71. The molecule has 0 radical (unpaired) electrons. The highest BCUT2D eigenvalue weighted by molar-refractivity contribution is 7.92. The monoisotopic (exact) mass is 310 g/mol. The quantitative estimate of drug-likeness (QED) is 0.860. The van der Waals surface area contributed by atoms with Gasteiger partial charge in [0.2, 0.25) is 0 Å². The van der Waals surface area contributed by atoms with Crippen molar-refractivity contribution in [3.63, 3.8) is 0 Å². The molecule has 106 valence electrons. The summed E-state index contributed by atoms with van der Waals surface area (Å²) in [6, 6.07) is 10.3. The molecule has 0 unspecified atom stereocenters. The highest BCUT2D eigenvalue weighted by Crippen LogP contribution is 2.21. The van der Waals surface area contributed by atoms with E-state index in [9.17, 15) is 8.42 Å². The Morgan fingerprint density at radius 3 is 2.50 bits per heavy atom. The molecule has 2 rings (SSSR count). The fourth-order valence-electron chi connectivity index (χ4n) is 1.81. The average Bonchev–Trinajstić information content (AvgIpc) is 2.41. The summed E-state index contributed by atoms with van der Waals surface area (Å²) >= 11 is 5.81. The molecule has 1 heterocycles. The van der Waals surface area contributed by atoms with E-state index < -0.39 is 10.0 Å². The number of nitrogens with one attached hydrogen (secondary N) is 1. The number of anilines is 1. The van der Waals surface area contributed by atoms with E-state index in [4.69, 9.17) is 11.6 Å². The molecule has 0 saturated heterocycles. The highest BCUT2D eigenvalue weighted by Gasteiger charge is 2.18. The number of sulfonamides is 1. The van der Waals surface area contributed by atoms with Gasteiger partial charge >= 0.3 is 0 Å². The van der Waals surface area contributed by atoms with Crippen LogP contribution in [0.15, 0.2) is 47.5 Å². The number of halogens is 1. The van der Waals surface area contributed by atoms with Crippen LogP contribution in [0.2, 0.25) is 5.15 Å². The average molecular weight is 311 g/mol. The SMILES string of the molecule is CCCc1ccc(NS(=O)(=O)c2cccnc2Cl)cc1. The number of benzene rings is 1. The van der Waals surface area contributed by atoms with Crippen LogP contribution in [0.4, 0.5) is 5.69 Å². The van der Waals surface area contributed by atoms with E-state index in [1.807, 2.05) is 12.1 Å². The first kappa shape index (κ1) is 14.8. The van der Waals surface area contributed by atoms with Gasteiger partial charge in [0.15, 0.2) is 0 Å². The summed E-state index contributed by atoms with van der Waals surface area (Å²) in [6.45, 7) is 2.10. The molecule has 6 heteroatoms. The van der Waals surface area contributed by atoms with E-state index in [-0.39, 0.29) is 10.0 Å². The summed E-state index contributed by atoms with van der Waals surface area (Å²) in [5.74, 6) is 0. The molecule has 0 fully saturated rings. The Kier molecular flexibility index (Phi) is 4.62. The van der Waals surface area contributed by atoms with Crippen molar-refractivity contribution in [3.05, 3.63) is 53.3 Å². The van der Waals surface area contributed by atoms with Crippen molar-refractivity contribution in [2.24, 2.45) is 0 Å². The third-order valence-corrected chi connectivity index (χ3v) is 4.59. The molecule has 0 amide bonds. The van der Waals surface area contributed by atoms with Crippen molar-refractivity contribution in [2.75, 3.05) is 4.72 Å². The van der Waals surface area contributed by atoms with Gasteiger partial charge in [-0.1, -0.05) is 37.1 Å². The van der Waals surface area contributed by atoms with Gasteiger partial charge in [-0.05, 0) is 36.2 Å². The van der Waals surface area contributed by atoms with E-state index in [0.29, 0.717) is 5.69 Å². The standard InChI is InChI=1S/C14H15ClN2O2S/c1-2-4-11-6-8-12(9-7-11)17-20(18,19)13-5-3-10-16-14(13)15/h3,5-10,17H,2,4H2,1H3. The predicted octanol–water partition coefficient (Wildman–Crippen LogP) is 3.49. The first-order valence-electron chi connectivity index (χ1n) is 6.25. The Labute approximate surface area is 123 Å². The van der Waals surface area contributed by atoms with Crippen molar-refractivity contribution in [1.82, 2.24) is 4.98 Å². The molecule has 4 nitrogen and oxygen atoms in total. The molecule has 0 bridgehead atoms. The van der Waals surface area contributed by atoms with Gasteiger partial charge in [0.25, 0.3) is 10.0 Å². The van der Waals surface area contributed by atoms with Gasteiger partial charge in [-0.15, -0.1) is 0 Å². The smallest absolute Gasteiger partial charge is 0.264 e. The van der Waals surface area contributed by atoms with E-state index in [0.717, 1.165) is 12.8 Å². The van der Waals surface area contributed by atoms with E-state index in [2.05, 4.69) is 16.6 Å². The van der Waals surface area contributed by atoms with Crippen LogP contribution >= 0.6 is 11.6 Å². The number of aryl methyl sites for hydroxylation is 1. The van der Waals surface area contributed by atoms with Gasteiger partial charge in [0, 0.05) is 11.9 Å². The number of aromatic nitrogens is 1. The van der Waals surface area contributed by atoms with Crippen LogP contribution in [-0.4, -0.2) is 13.4 Å². The number of pyridine rings is 1. The van der Waals surface area contributed by atoms with Crippen LogP contribution in [0.3, 0.4) is 0 Å². The minimum atomic E-state index is -3.71. The zero-order chi connectivity index (χ0) is 14.6. The Hall–Kier alpha value is -1.59. The maximum absolute atomic E-state index is 12.2. The molecular formula is C14H15ClN2O2S. The van der Waals surface area contributed by atoms with E-state index in [1.54, 1.807) is 12.1 Å². The predicted molar refractivity (Wildman–Crippen MR) is 80.5 cm³/mol. The summed E-state index contributed by atoms with van der Waals surface area (Å²) in [6.07, 6.45) is 3.47. The summed E-state index contributed by atoms with van der Waals surface area (Å²) in [4.78, 5) is 3.74. The topological polar surface area (TPSA) is 59.1 Å². The lowest BCUT2D eigenvalue weighted by molar-refractivity contribution is 0.601. The molecular weight excluding hydrogens is 296 g/mol. The number of rotatable bonds is 5. The second-order valence-corrected chi connectivity index (χ2v) is 6.35. The van der Waals surface area contributed by atoms with Gasteiger partial charge in [-0.3, -0.25) is 4.72 Å². The second kappa shape index (κ2) is 6.24. The summed E-state index contributed by atoms with van der Waals surface area (Å²) in [5, 5.41) is -0.0393. The van der Waals surface area contributed by atoms with Crippen LogP contribution < -0.4 is 4.72 Å². The van der Waals surface area contributed by atoms with Crippen LogP contribution in [0.5, 0.6) is 0 Å². The third-order valence-electron chi connectivity index (χ3n) is 2.76. The lowest BCUT2D eigenvalue weighted by Gasteiger charge is -2.09. The lowest BCUT2D eigenvalue weighted by atomic mass is 10.1. The normalized spacial score (nSPS) is 11.3. The second-order valence-electron chi connectivity index (χ2n) is 4.34. The number of hydrogen-bond donors (Lipinski definition) is 1. The minimum Gasteiger partial charge on any atom is -0.280 e. The lowest BCUT2D eigenvalue weighted by Crippen LogP contribution is -2.13. The van der Waals surface area contributed by atoms with Crippen molar-refractivity contribution in [3.8, 4) is 0 Å². The Morgan fingerprint density at radius 1 is 1.20 bits per heavy atom. The zero-order valence-corrected chi connectivity index (χ0v) is 12.6. The van der Waals surface area contributed by atoms with Crippen molar-refractivity contribution >= 4 is 27.3 Å². The van der Waals surface area contributed by atoms with Gasteiger partial charge in [0.1, 0.15) is 10.0 Å². The fourth-order valence-corrected chi connectivity index (χ4v) is 3.32.